The largest absolute Gasteiger partial charge is 0.454 e. The molecule has 0 bridgehead atoms. The Balaban J connectivity index is 1.58. The van der Waals surface area contributed by atoms with Gasteiger partial charge in [0.2, 0.25) is 11.8 Å². The molecule has 1 aliphatic carbocycles. The van der Waals surface area contributed by atoms with E-state index in [1.165, 1.54) is 11.8 Å². The molecule has 0 spiro atoms. The molecule has 0 radical (unpaired) electrons. The molecule has 1 aromatic carbocycles. The van der Waals surface area contributed by atoms with Gasteiger partial charge < -0.3 is 9.64 Å². The first-order valence-corrected chi connectivity index (χ1v) is 9.27. The highest BCUT2D eigenvalue weighted by molar-refractivity contribution is 6.08. The van der Waals surface area contributed by atoms with Crippen molar-refractivity contribution in [2.45, 2.75) is 38.6 Å². The number of anilines is 1. The van der Waals surface area contributed by atoms with E-state index in [9.17, 15) is 19.2 Å². The van der Waals surface area contributed by atoms with Crippen molar-refractivity contribution in [3.05, 3.63) is 30.3 Å². The van der Waals surface area contributed by atoms with Crippen LogP contribution in [0.4, 0.5) is 5.69 Å². The van der Waals surface area contributed by atoms with E-state index < -0.39 is 24.5 Å². The number of hydrogen-bond donors (Lipinski definition) is 0. The van der Waals surface area contributed by atoms with Gasteiger partial charge in [0.1, 0.15) is 6.04 Å². The maximum atomic E-state index is 12.5. The zero-order chi connectivity index (χ0) is 19.6. The number of nitrogens with zero attached hydrogens (tertiary/aromatic N) is 2. The number of fused-ring (bicyclic) bond motifs is 1. The fourth-order valence-corrected chi connectivity index (χ4v) is 3.82. The Morgan fingerprint density at radius 1 is 1.11 bits per heavy atom. The first kappa shape index (κ1) is 19.1. The summed E-state index contributed by atoms with van der Waals surface area (Å²) < 4.78 is 5.09. The summed E-state index contributed by atoms with van der Waals surface area (Å²) in [5.74, 6) is -2.34. The van der Waals surface area contributed by atoms with Crippen LogP contribution in [0, 0.1) is 11.8 Å². The second-order valence-electron chi connectivity index (χ2n) is 7.12. The molecule has 2 fully saturated rings. The Hall–Kier alpha value is -2.70. The van der Waals surface area contributed by atoms with Crippen LogP contribution in [0.5, 0.6) is 0 Å². The molecule has 0 N–H and O–H groups in total. The van der Waals surface area contributed by atoms with E-state index in [0.717, 1.165) is 17.7 Å². The third-order valence-corrected chi connectivity index (χ3v) is 5.46. The first-order valence-electron chi connectivity index (χ1n) is 9.27. The van der Waals surface area contributed by atoms with Crippen LogP contribution >= 0.6 is 0 Å². The molecule has 2 aliphatic rings. The first-order chi connectivity index (χ1) is 12.9. The zero-order valence-corrected chi connectivity index (χ0v) is 15.6. The SMILES string of the molecule is C[C@@H](C(=O)OCC(=O)N(C)c1ccccc1)N1C(=O)[C@@H]2CCCC[C@H]2C1=O. The molecular weight excluding hydrogens is 348 g/mol. The molecule has 0 aromatic heterocycles. The summed E-state index contributed by atoms with van der Waals surface area (Å²) in [6.07, 6.45) is 3.22. The van der Waals surface area contributed by atoms with Crippen molar-refractivity contribution in [2.24, 2.45) is 11.8 Å². The van der Waals surface area contributed by atoms with Crippen LogP contribution in [-0.2, 0) is 23.9 Å². The quantitative estimate of drug-likeness (QED) is 0.581. The van der Waals surface area contributed by atoms with Crippen LogP contribution in [0.1, 0.15) is 32.6 Å². The van der Waals surface area contributed by atoms with Crippen LogP contribution in [-0.4, -0.2) is 48.3 Å². The molecule has 3 amide bonds. The minimum atomic E-state index is -1.02. The maximum Gasteiger partial charge on any atom is 0.329 e. The Morgan fingerprint density at radius 2 is 1.67 bits per heavy atom. The van der Waals surface area contributed by atoms with Crippen molar-refractivity contribution in [3.63, 3.8) is 0 Å². The normalized spacial score (nSPS) is 23.0. The summed E-state index contributed by atoms with van der Waals surface area (Å²) in [6.45, 7) is 1.03. The number of imide groups is 1. The van der Waals surface area contributed by atoms with E-state index in [1.54, 1.807) is 31.3 Å². The summed E-state index contributed by atoms with van der Waals surface area (Å²) in [5.41, 5.74) is 0.681. The van der Waals surface area contributed by atoms with Gasteiger partial charge in [-0.05, 0) is 31.9 Å². The Labute approximate surface area is 158 Å². The number of benzene rings is 1. The van der Waals surface area contributed by atoms with Crippen LogP contribution < -0.4 is 4.90 Å². The Morgan fingerprint density at radius 3 is 2.22 bits per heavy atom. The number of rotatable bonds is 5. The number of hydrogen-bond acceptors (Lipinski definition) is 5. The van der Waals surface area contributed by atoms with Crippen LogP contribution in [0.15, 0.2) is 30.3 Å². The summed E-state index contributed by atoms with van der Waals surface area (Å²) >= 11 is 0. The van der Waals surface area contributed by atoms with Crippen LogP contribution in [0.2, 0.25) is 0 Å². The highest BCUT2D eigenvalue weighted by atomic mass is 16.5. The number of likely N-dealkylation sites (tertiary alicyclic amines) is 1. The van der Waals surface area contributed by atoms with Crippen LogP contribution in [0.3, 0.4) is 0 Å². The van der Waals surface area contributed by atoms with Gasteiger partial charge in [-0.3, -0.25) is 19.3 Å². The van der Waals surface area contributed by atoms with E-state index >= 15 is 0 Å². The smallest absolute Gasteiger partial charge is 0.329 e. The monoisotopic (exact) mass is 372 g/mol. The lowest BCUT2D eigenvalue weighted by Gasteiger charge is -2.22. The molecule has 1 saturated carbocycles. The summed E-state index contributed by atoms with van der Waals surface area (Å²) in [5, 5.41) is 0. The summed E-state index contributed by atoms with van der Waals surface area (Å²) in [6, 6.07) is 7.96. The van der Waals surface area contributed by atoms with Crippen LogP contribution in [0.25, 0.3) is 0 Å². The fraction of sp³-hybridized carbons (Fsp3) is 0.500. The molecule has 144 valence electrons. The standard InChI is InChI=1S/C20H24N2O5/c1-13(22-18(24)15-10-6-7-11-16(15)19(22)25)20(26)27-12-17(23)21(2)14-8-4-3-5-9-14/h3-5,8-9,13,15-16H,6-7,10-12H2,1-2H3/t13-,15+,16+/m0/s1. The van der Waals surface area contributed by atoms with E-state index in [4.69, 9.17) is 4.74 Å². The Kier molecular flexibility index (Phi) is 5.58. The number of carbonyl (C=O) groups excluding carboxylic acids is 4. The van der Waals surface area contributed by atoms with Gasteiger partial charge in [-0.1, -0.05) is 31.0 Å². The number of esters is 1. The lowest BCUT2D eigenvalue weighted by atomic mass is 9.81. The zero-order valence-electron chi connectivity index (χ0n) is 15.6. The predicted octanol–water partition coefficient (Wildman–Crippen LogP) is 1.76. The Bertz CT molecular complexity index is 724. The van der Waals surface area contributed by atoms with Gasteiger partial charge in [0.25, 0.3) is 5.91 Å². The van der Waals surface area contributed by atoms with Crippen molar-refractivity contribution in [3.8, 4) is 0 Å². The molecule has 1 saturated heterocycles. The summed E-state index contributed by atoms with van der Waals surface area (Å²) in [7, 11) is 1.59. The molecular formula is C20H24N2O5. The van der Waals surface area contributed by atoms with Gasteiger partial charge in [-0.2, -0.15) is 0 Å². The fourth-order valence-electron chi connectivity index (χ4n) is 3.82. The van der Waals surface area contributed by atoms with Gasteiger partial charge >= 0.3 is 5.97 Å². The number of carbonyl (C=O) groups is 4. The number of amides is 3. The van der Waals surface area contributed by atoms with Gasteiger partial charge in [0.15, 0.2) is 6.61 Å². The molecule has 0 unspecified atom stereocenters. The predicted molar refractivity (Wildman–Crippen MR) is 97.6 cm³/mol. The molecule has 3 rings (SSSR count). The molecule has 7 nitrogen and oxygen atoms in total. The topological polar surface area (TPSA) is 84.0 Å². The minimum absolute atomic E-state index is 0.290. The highest BCUT2D eigenvalue weighted by Crippen LogP contribution is 2.38. The third-order valence-electron chi connectivity index (χ3n) is 5.46. The van der Waals surface area contributed by atoms with Gasteiger partial charge in [-0.25, -0.2) is 4.79 Å². The molecule has 1 heterocycles. The number of likely N-dealkylation sites (N-methyl/N-ethyl adjacent to an activating group) is 1. The second kappa shape index (κ2) is 7.90. The molecule has 1 aliphatic heterocycles. The molecule has 1 aromatic rings. The van der Waals surface area contributed by atoms with Gasteiger partial charge in [-0.15, -0.1) is 0 Å². The molecule has 27 heavy (non-hydrogen) atoms. The second-order valence-corrected chi connectivity index (χ2v) is 7.12. The number of para-hydroxylation sites is 1. The summed E-state index contributed by atoms with van der Waals surface area (Å²) in [4.78, 5) is 52.1. The molecule has 3 atom stereocenters. The van der Waals surface area contributed by atoms with Gasteiger partial charge in [0.05, 0.1) is 11.8 Å². The van der Waals surface area contributed by atoms with E-state index in [0.29, 0.717) is 18.5 Å². The van der Waals surface area contributed by atoms with Crippen molar-refractivity contribution in [1.29, 1.82) is 0 Å². The lowest BCUT2D eigenvalue weighted by molar-refractivity contribution is -0.159. The molecule has 7 heteroatoms. The van der Waals surface area contributed by atoms with Crippen molar-refractivity contribution in [1.82, 2.24) is 4.90 Å². The van der Waals surface area contributed by atoms with Crippen molar-refractivity contribution >= 4 is 29.4 Å². The number of ether oxygens (including phenoxy) is 1. The highest BCUT2D eigenvalue weighted by Gasteiger charge is 2.51. The maximum absolute atomic E-state index is 12.5. The lowest BCUT2D eigenvalue weighted by Crippen LogP contribution is -2.45. The van der Waals surface area contributed by atoms with E-state index in [-0.39, 0.29) is 23.7 Å². The van der Waals surface area contributed by atoms with Crippen molar-refractivity contribution < 1.29 is 23.9 Å². The van der Waals surface area contributed by atoms with Crippen molar-refractivity contribution in [2.75, 3.05) is 18.6 Å². The van der Waals surface area contributed by atoms with E-state index in [1.807, 2.05) is 6.07 Å². The third kappa shape index (κ3) is 3.72. The average Bonchev–Trinajstić information content (AvgIpc) is 2.96. The van der Waals surface area contributed by atoms with E-state index in [2.05, 4.69) is 0 Å². The van der Waals surface area contributed by atoms with Gasteiger partial charge in [0, 0.05) is 12.7 Å². The average molecular weight is 372 g/mol. The minimum Gasteiger partial charge on any atom is -0.454 e.